The second-order valence-electron chi connectivity index (χ2n) is 7.06. The zero-order valence-electron chi connectivity index (χ0n) is 12.9. The van der Waals surface area contributed by atoms with Gasteiger partial charge in [0.1, 0.15) is 5.41 Å². The molecule has 2 saturated carbocycles. The Morgan fingerprint density at radius 3 is 2.78 bits per heavy atom. The number of benzene rings is 1. The zero-order chi connectivity index (χ0) is 16.1. The zero-order valence-corrected chi connectivity index (χ0v) is 12.9. The summed E-state index contributed by atoms with van der Waals surface area (Å²) in [5, 5.41) is 15.4. The Balaban J connectivity index is 1.54. The number of aryl methyl sites for hydroxylation is 1. The maximum absolute atomic E-state index is 12.7. The molecule has 2 fully saturated rings. The molecule has 2 aliphatic carbocycles. The minimum absolute atomic E-state index is 0.0267. The van der Waals surface area contributed by atoms with Crippen LogP contribution in [0.1, 0.15) is 44.1 Å². The lowest BCUT2D eigenvalue weighted by Gasteiger charge is -2.19. The molecule has 1 aromatic carbocycles. The highest BCUT2D eigenvalue weighted by Crippen LogP contribution is 2.71. The van der Waals surface area contributed by atoms with Crippen LogP contribution in [0.2, 0.25) is 0 Å². The first-order valence-corrected chi connectivity index (χ1v) is 8.24. The van der Waals surface area contributed by atoms with E-state index in [0.29, 0.717) is 24.9 Å². The van der Waals surface area contributed by atoms with Crippen LogP contribution in [-0.4, -0.2) is 11.8 Å². The number of rotatable bonds is 2. The number of hydrogen-bond acceptors (Lipinski definition) is 3. The molecule has 5 heteroatoms. The quantitative estimate of drug-likeness (QED) is 0.881. The number of nitrogens with one attached hydrogen (secondary N) is 2. The first-order chi connectivity index (χ1) is 11.1. The van der Waals surface area contributed by atoms with Gasteiger partial charge in [0.15, 0.2) is 0 Å². The average molecular weight is 309 g/mol. The summed E-state index contributed by atoms with van der Waals surface area (Å²) in [4.78, 5) is 24.1. The minimum atomic E-state index is -0.840. The lowest BCUT2D eigenvalue weighted by Crippen LogP contribution is -2.28. The standard InChI is InChI=1S/C18H19N3O2/c19-11-18(10-17(18)7-1-2-8-17)16(23)20-13-4-5-14-12(9-13)3-6-15(22)21-14/h4-5,9H,1-3,6-8,10H2,(H,20,23)(H,21,22)/t18-/m1/s1. The predicted molar refractivity (Wildman–Crippen MR) is 85.6 cm³/mol. The number of anilines is 2. The maximum atomic E-state index is 12.7. The van der Waals surface area contributed by atoms with E-state index in [1.165, 1.54) is 0 Å². The molecular formula is C18H19N3O2. The molecular weight excluding hydrogens is 290 g/mol. The third-order valence-corrected chi connectivity index (χ3v) is 5.78. The molecule has 23 heavy (non-hydrogen) atoms. The second-order valence-corrected chi connectivity index (χ2v) is 7.06. The summed E-state index contributed by atoms with van der Waals surface area (Å²) in [5.74, 6) is -0.138. The molecule has 0 unspecified atom stereocenters. The molecule has 0 bridgehead atoms. The van der Waals surface area contributed by atoms with Crippen LogP contribution in [0.4, 0.5) is 11.4 Å². The van der Waals surface area contributed by atoms with Crippen molar-refractivity contribution in [2.75, 3.05) is 10.6 Å². The van der Waals surface area contributed by atoms with Gasteiger partial charge in [-0.1, -0.05) is 12.8 Å². The summed E-state index contributed by atoms with van der Waals surface area (Å²) in [6.07, 6.45) is 6.07. The van der Waals surface area contributed by atoms with Gasteiger partial charge in [0, 0.05) is 23.2 Å². The summed E-state index contributed by atoms with van der Waals surface area (Å²) in [5.41, 5.74) is 1.63. The maximum Gasteiger partial charge on any atom is 0.245 e. The predicted octanol–water partition coefficient (Wildman–Crippen LogP) is 2.98. The number of hydrogen-bond donors (Lipinski definition) is 2. The van der Waals surface area contributed by atoms with E-state index < -0.39 is 5.41 Å². The van der Waals surface area contributed by atoms with Crippen LogP contribution in [0.25, 0.3) is 0 Å². The first-order valence-electron chi connectivity index (χ1n) is 8.24. The van der Waals surface area contributed by atoms with Gasteiger partial charge < -0.3 is 10.6 Å². The van der Waals surface area contributed by atoms with E-state index in [1.807, 2.05) is 12.1 Å². The van der Waals surface area contributed by atoms with Crippen LogP contribution in [0.3, 0.4) is 0 Å². The van der Waals surface area contributed by atoms with Crippen LogP contribution in [0.15, 0.2) is 18.2 Å². The van der Waals surface area contributed by atoms with E-state index in [-0.39, 0.29) is 17.2 Å². The van der Waals surface area contributed by atoms with E-state index in [2.05, 4.69) is 16.7 Å². The van der Waals surface area contributed by atoms with Crippen molar-refractivity contribution in [2.24, 2.45) is 10.8 Å². The molecule has 2 N–H and O–H groups in total. The summed E-state index contributed by atoms with van der Waals surface area (Å²) >= 11 is 0. The van der Waals surface area contributed by atoms with Crippen molar-refractivity contribution < 1.29 is 9.59 Å². The molecule has 2 amide bonds. The lowest BCUT2D eigenvalue weighted by atomic mass is 9.91. The Morgan fingerprint density at radius 2 is 2.04 bits per heavy atom. The Kier molecular flexibility index (Phi) is 2.99. The molecule has 1 aromatic rings. The molecule has 1 spiro atoms. The molecule has 3 aliphatic rings. The van der Waals surface area contributed by atoms with Crippen molar-refractivity contribution in [1.29, 1.82) is 5.26 Å². The van der Waals surface area contributed by atoms with Crippen molar-refractivity contribution in [3.8, 4) is 6.07 Å². The van der Waals surface area contributed by atoms with Crippen LogP contribution in [0.5, 0.6) is 0 Å². The smallest absolute Gasteiger partial charge is 0.245 e. The molecule has 0 radical (unpaired) electrons. The molecule has 1 atom stereocenters. The van der Waals surface area contributed by atoms with Gasteiger partial charge in [-0.25, -0.2) is 0 Å². The van der Waals surface area contributed by atoms with Crippen LogP contribution >= 0.6 is 0 Å². The minimum Gasteiger partial charge on any atom is -0.326 e. The highest BCUT2D eigenvalue weighted by molar-refractivity contribution is 6.01. The van der Waals surface area contributed by atoms with Gasteiger partial charge in [-0.05, 0) is 49.4 Å². The van der Waals surface area contributed by atoms with Gasteiger partial charge in [0.25, 0.3) is 0 Å². The fourth-order valence-corrected chi connectivity index (χ4v) is 4.35. The van der Waals surface area contributed by atoms with E-state index in [0.717, 1.165) is 36.9 Å². The van der Waals surface area contributed by atoms with Gasteiger partial charge in [-0.15, -0.1) is 0 Å². The Hall–Kier alpha value is -2.35. The van der Waals surface area contributed by atoms with Crippen molar-refractivity contribution in [2.45, 2.75) is 44.9 Å². The number of nitriles is 1. The van der Waals surface area contributed by atoms with Gasteiger partial charge in [-0.2, -0.15) is 5.26 Å². The summed E-state index contributed by atoms with van der Waals surface area (Å²) < 4.78 is 0. The fraction of sp³-hybridized carbons (Fsp3) is 0.500. The van der Waals surface area contributed by atoms with Crippen LogP contribution in [0, 0.1) is 22.2 Å². The number of fused-ring (bicyclic) bond motifs is 1. The molecule has 4 rings (SSSR count). The number of nitrogens with zero attached hydrogens (tertiary/aromatic N) is 1. The summed E-state index contributed by atoms with van der Waals surface area (Å²) in [6.45, 7) is 0. The third kappa shape index (κ3) is 2.05. The van der Waals surface area contributed by atoms with Crippen LogP contribution in [-0.2, 0) is 16.0 Å². The lowest BCUT2D eigenvalue weighted by molar-refractivity contribution is -0.120. The van der Waals surface area contributed by atoms with E-state index in [9.17, 15) is 14.9 Å². The fourth-order valence-electron chi connectivity index (χ4n) is 4.35. The van der Waals surface area contributed by atoms with Gasteiger partial charge >= 0.3 is 0 Å². The second kappa shape index (κ2) is 4.82. The Labute approximate surface area is 135 Å². The number of carbonyl (C=O) groups excluding carboxylic acids is 2. The van der Waals surface area contributed by atoms with Crippen molar-refractivity contribution in [3.05, 3.63) is 23.8 Å². The molecule has 0 aromatic heterocycles. The normalized spacial score (nSPS) is 27.0. The molecule has 118 valence electrons. The summed E-state index contributed by atoms with van der Waals surface area (Å²) in [7, 11) is 0. The van der Waals surface area contributed by atoms with Gasteiger partial charge in [0.05, 0.1) is 6.07 Å². The third-order valence-electron chi connectivity index (χ3n) is 5.78. The van der Waals surface area contributed by atoms with Crippen molar-refractivity contribution >= 4 is 23.2 Å². The molecule has 1 heterocycles. The van der Waals surface area contributed by atoms with Crippen LogP contribution < -0.4 is 10.6 Å². The molecule has 5 nitrogen and oxygen atoms in total. The highest BCUT2D eigenvalue weighted by atomic mass is 16.2. The highest BCUT2D eigenvalue weighted by Gasteiger charge is 2.72. The van der Waals surface area contributed by atoms with E-state index >= 15 is 0 Å². The summed E-state index contributed by atoms with van der Waals surface area (Å²) in [6, 6.07) is 7.82. The Morgan fingerprint density at radius 1 is 1.26 bits per heavy atom. The first kappa shape index (κ1) is 14.3. The van der Waals surface area contributed by atoms with Gasteiger partial charge in [0.2, 0.25) is 11.8 Å². The number of amides is 2. The van der Waals surface area contributed by atoms with Gasteiger partial charge in [-0.3, -0.25) is 9.59 Å². The largest absolute Gasteiger partial charge is 0.326 e. The molecule has 1 aliphatic heterocycles. The topological polar surface area (TPSA) is 82.0 Å². The molecule has 0 saturated heterocycles. The monoisotopic (exact) mass is 309 g/mol. The Bertz CT molecular complexity index is 743. The average Bonchev–Trinajstić information content (AvgIpc) is 2.94. The van der Waals surface area contributed by atoms with E-state index in [4.69, 9.17) is 0 Å². The van der Waals surface area contributed by atoms with Crippen molar-refractivity contribution in [3.63, 3.8) is 0 Å². The van der Waals surface area contributed by atoms with Crippen molar-refractivity contribution in [1.82, 2.24) is 0 Å². The van der Waals surface area contributed by atoms with E-state index in [1.54, 1.807) is 6.07 Å². The number of carbonyl (C=O) groups is 2. The SMILES string of the molecule is N#C[C@@]1(C(=O)Nc2ccc3c(c2)CCC(=O)N3)CC12CCCC2.